The van der Waals surface area contributed by atoms with Gasteiger partial charge in [-0.1, -0.05) is 0 Å². The van der Waals surface area contributed by atoms with E-state index in [0.29, 0.717) is 13.0 Å². The summed E-state index contributed by atoms with van der Waals surface area (Å²) in [5, 5.41) is 3.32. The van der Waals surface area contributed by atoms with Crippen molar-refractivity contribution in [1.82, 2.24) is 5.32 Å². The van der Waals surface area contributed by atoms with Crippen LogP contribution in [0, 0.1) is 0 Å². The summed E-state index contributed by atoms with van der Waals surface area (Å²) in [4.78, 5) is 0. The van der Waals surface area contributed by atoms with Gasteiger partial charge in [0, 0.05) is 30.1 Å². The quantitative estimate of drug-likeness (QED) is 0.908. The summed E-state index contributed by atoms with van der Waals surface area (Å²) in [5.74, 6) is 2.26. The molecular weight excluding hydrogens is 290 g/mol. The van der Waals surface area contributed by atoms with Crippen LogP contribution >= 0.6 is 0 Å². The number of nitrogens with one attached hydrogen (secondary N) is 1. The third kappa shape index (κ3) is 3.16. The molecule has 2 atom stereocenters. The van der Waals surface area contributed by atoms with Gasteiger partial charge in [-0.05, 0) is 25.5 Å². The fourth-order valence-corrected chi connectivity index (χ4v) is 4.73. The average molecular weight is 311 g/mol. The van der Waals surface area contributed by atoms with Gasteiger partial charge in [0.25, 0.3) is 0 Å². The van der Waals surface area contributed by atoms with E-state index in [4.69, 9.17) is 9.47 Å². The molecule has 0 saturated carbocycles. The van der Waals surface area contributed by atoms with Gasteiger partial charge < -0.3 is 14.8 Å². The molecule has 0 radical (unpaired) electrons. The van der Waals surface area contributed by atoms with Crippen LogP contribution in [-0.4, -0.2) is 39.2 Å². The lowest BCUT2D eigenvalue weighted by Gasteiger charge is -2.14. The molecule has 0 amide bonds. The van der Waals surface area contributed by atoms with Crippen molar-refractivity contribution in [2.75, 3.05) is 18.6 Å². The van der Waals surface area contributed by atoms with E-state index in [2.05, 4.69) is 5.32 Å². The number of fused-ring (bicyclic) bond motifs is 1. The summed E-state index contributed by atoms with van der Waals surface area (Å²) in [5.41, 5.74) is 2.18. The van der Waals surface area contributed by atoms with E-state index in [1.165, 1.54) is 5.56 Å². The van der Waals surface area contributed by atoms with Gasteiger partial charge >= 0.3 is 0 Å². The predicted molar refractivity (Wildman–Crippen MR) is 80.7 cm³/mol. The van der Waals surface area contributed by atoms with Gasteiger partial charge in [0.1, 0.15) is 17.6 Å². The van der Waals surface area contributed by atoms with Crippen molar-refractivity contribution >= 4 is 9.84 Å². The lowest BCUT2D eigenvalue weighted by Crippen LogP contribution is -2.29. The standard InChI is InChI=1S/C15H21NO4S/c1-10-5-11-6-14(19-2)12(7-15(11)20-10)8-16-13-3-4-21(17,18)9-13/h6-7,10,13,16H,3-5,8-9H2,1-2H3. The predicted octanol–water partition coefficient (Wildman–Crippen LogP) is 1.30. The van der Waals surface area contributed by atoms with Crippen molar-refractivity contribution in [2.24, 2.45) is 0 Å². The number of ether oxygens (including phenoxy) is 2. The molecule has 1 aromatic rings. The van der Waals surface area contributed by atoms with Crippen molar-refractivity contribution in [3.05, 3.63) is 23.3 Å². The topological polar surface area (TPSA) is 64.6 Å². The molecule has 0 spiro atoms. The van der Waals surface area contributed by atoms with E-state index in [0.717, 1.165) is 23.5 Å². The maximum Gasteiger partial charge on any atom is 0.151 e. The SMILES string of the molecule is COc1cc2c(cc1CNC1CCS(=O)(=O)C1)OC(C)C2. The van der Waals surface area contributed by atoms with E-state index in [1.54, 1.807) is 7.11 Å². The minimum absolute atomic E-state index is 0.0350. The Kier molecular flexibility index (Phi) is 3.84. The summed E-state index contributed by atoms with van der Waals surface area (Å²) in [7, 11) is -1.19. The Morgan fingerprint density at radius 3 is 2.90 bits per heavy atom. The zero-order valence-corrected chi connectivity index (χ0v) is 13.2. The van der Waals surface area contributed by atoms with Crippen LogP contribution in [0.25, 0.3) is 0 Å². The second-order valence-electron chi connectivity index (χ2n) is 5.89. The third-order valence-corrected chi connectivity index (χ3v) is 5.88. The Morgan fingerprint density at radius 2 is 2.24 bits per heavy atom. The molecule has 2 unspecified atom stereocenters. The highest BCUT2D eigenvalue weighted by Crippen LogP contribution is 2.35. The third-order valence-electron chi connectivity index (χ3n) is 4.11. The van der Waals surface area contributed by atoms with Gasteiger partial charge in [-0.3, -0.25) is 0 Å². The molecule has 6 heteroatoms. The molecule has 21 heavy (non-hydrogen) atoms. The van der Waals surface area contributed by atoms with Crippen LogP contribution in [0.1, 0.15) is 24.5 Å². The summed E-state index contributed by atoms with van der Waals surface area (Å²) in [6.45, 7) is 2.64. The fourth-order valence-electron chi connectivity index (χ4n) is 3.02. The first-order valence-electron chi connectivity index (χ1n) is 7.27. The molecule has 3 rings (SSSR count). The van der Waals surface area contributed by atoms with E-state index in [1.807, 2.05) is 19.1 Å². The van der Waals surface area contributed by atoms with Crippen molar-refractivity contribution in [3.8, 4) is 11.5 Å². The van der Waals surface area contributed by atoms with Crippen LogP contribution in [-0.2, 0) is 22.8 Å². The van der Waals surface area contributed by atoms with Gasteiger partial charge in [0.15, 0.2) is 9.84 Å². The Hall–Kier alpha value is -1.27. The maximum atomic E-state index is 11.5. The molecular formula is C15H21NO4S. The van der Waals surface area contributed by atoms with E-state index >= 15 is 0 Å². The molecule has 5 nitrogen and oxygen atoms in total. The van der Waals surface area contributed by atoms with Crippen molar-refractivity contribution < 1.29 is 17.9 Å². The van der Waals surface area contributed by atoms with E-state index in [-0.39, 0.29) is 23.7 Å². The van der Waals surface area contributed by atoms with Gasteiger partial charge in [0.05, 0.1) is 18.6 Å². The fraction of sp³-hybridized carbons (Fsp3) is 0.600. The van der Waals surface area contributed by atoms with Crippen LogP contribution in [0.3, 0.4) is 0 Å². The molecule has 2 aliphatic heterocycles. The Labute approximate surface area is 125 Å². The smallest absolute Gasteiger partial charge is 0.151 e. The molecule has 1 saturated heterocycles. The van der Waals surface area contributed by atoms with Gasteiger partial charge in [-0.2, -0.15) is 0 Å². The maximum absolute atomic E-state index is 11.5. The van der Waals surface area contributed by atoms with Crippen LogP contribution < -0.4 is 14.8 Å². The second kappa shape index (κ2) is 5.50. The Balaban J connectivity index is 1.72. The zero-order valence-electron chi connectivity index (χ0n) is 12.4. The molecule has 1 aromatic carbocycles. The highest BCUT2D eigenvalue weighted by Gasteiger charge is 2.28. The van der Waals surface area contributed by atoms with Gasteiger partial charge in [-0.25, -0.2) is 8.42 Å². The largest absolute Gasteiger partial charge is 0.496 e. The first-order chi connectivity index (χ1) is 9.97. The van der Waals surface area contributed by atoms with Crippen molar-refractivity contribution in [2.45, 2.75) is 38.5 Å². The van der Waals surface area contributed by atoms with Crippen LogP contribution in [0.15, 0.2) is 12.1 Å². The van der Waals surface area contributed by atoms with Crippen molar-refractivity contribution in [3.63, 3.8) is 0 Å². The molecule has 1 fully saturated rings. The Bertz CT molecular complexity index is 641. The minimum Gasteiger partial charge on any atom is -0.496 e. The minimum atomic E-state index is -2.85. The number of hydrogen-bond donors (Lipinski definition) is 1. The average Bonchev–Trinajstić information content (AvgIpc) is 2.95. The van der Waals surface area contributed by atoms with Crippen LogP contribution in [0.4, 0.5) is 0 Å². The Morgan fingerprint density at radius 1 is 1.43 bits per heavy atom. The highest BCUT2D eigenvalue weighted by atomic mass is 32.2. The molecule has 2 heterocycles. The number of benzene rings is 1. The first kappa shape index (κ1) is 14.7. The lowest BCUT2D eigenvalue weighted by atomic mass is 10.1. The molecule has 1 N–H and O–H groups in total. The van der Waals surface area contributed by atoms with Crippen LogP contribution in [0.5, 0.6) is 11.5 Å². The molecule has 2 aliphatic rings. The lowest BCUT2D eigenvalue weighted by molar-refractivity contribution is 0.254. The zero-order chi connectivity index (χ0) is 15.0. The molecule has 116 valence electrons. The van der Waals surface area contributed by atoms with Crippen molar-refractivity contribution in [1.29, 1.82) is 0 Å². The number of rotatable bonds is 4. The number of methoxy groups -OCH3 is 1. The summed E-state index contributed by atoms with van der Waals surface area (Å²) < 4.78 is 34.2. The molecule has 0 aliphatic carbocycles. The summed E-state index contributed by atoms with van der Waals surface area (Å²) in [6.07, 6.45) is 1.79. The molecule has 0 aromatic heterocycles. The van der Waals surface area contributed by atoms with Gasteiger partial charge in [0.2, 0.25) is 0 Å². The highest BCUT2D eigenvalue weighted by molar-refractivity contribution is 7.91. The first-order valence-corrected chi connectivity index (χ1v) is 9.09. The molecule has 0 bridgehead atoms. The van der Waals surface area contributed by atoms with Crippen LogP contribution in [0.2, 0.25) is 0 Å². The van der Waals surface area contributed by atoms with E-state index in [9.17, 15) is 8.42 Å². The summed E-state index contributed by atoms with van der Waals surface area (Å²) >= 11 is 0. The monoisotopic (exact) mass is 311 g/mol. The summed E-state index contributed by atoms with van der Waals surface area (Å²) in [6, 6.07) is 4.07. The number of sulfone groups is 1. The number of hydrogen-bond acceptors (Lipinski definition) is 5. The normalized spacial score (nSPS) is 26.4. The second-order valence-corrected chi connectivity index (χ2v) is 8.11. The van der Waals surface area contributed by atoms with E-state index < -0.39 is 9.84 Å². The van der Waals surface area contributed by atoms with Gasteiger partial charge in [-0.15, -0.1) is 0 Å².